The molecule has 2 aliphatic heterocycles. The Morgan fingerprint density at radius 2 is 1.97 bits per heavy atom. The first-order chi connectivity index (χ1) is 16.7. The lowest BCUT2D eigenvalue weighted by atomic mass is 10.0. The van der Waals surface area contributed by atoms with Gasteiger partial charge in [0.25, 0.3) is 6.43 Å². The zero-order chi connectivity index (χ0) is 24.7. The number of anilines is 2. The number of pyridine rings is 1. The van der Waals surface area contributed by atoms with Crippen LogP contribution in [0.1, 0.15) is 55.2 Å². The van der Waals surface area contributed by atoms with Crippen molar-refractivity contribution in [2.45, 2.75) is 62.4 Å². The molecule has 0 radical (unpaired) electrons. The highest BCUT2D eigenvalue weighted by Gasteiger charge is 2.31. The van der Waals surface area contributed by atoms with Crippen LogP contribution in [0.3, 0.4) is 0 Å². The summed E-state index contributed by atoms with van der Waals surface area (Å²) in [4.78, 5) is 21.0. The molecule has 1 N–H and O–H groups in total. The second-order valence-corrected chi connectivity index (χ2v) is 11.4. The van der Waals surface area contributed by atoms with Crippen molar-refractivity contribution >= 4 is 38.4 Å². The minimum Gasteiger partial charge on any atom is -0.374 e. The van der Waals surface area contributed by atoms with Crippen molar-refractivity contribution in [1.29, 1.82) is 0 Å². The van der Waals surface area contributed by atoms with Gasteiger partial charge in [0.05, 0.1) is 39.5 Å². The Bertz CT molecular complexity index is 1300. The summed E-state index contributed by atoms with van der Waals surface area (Å²) in [6.07, 6.45) is 2.77. The molecule has 2 aromatic rings. The second kappa shape index (κ2) is 9.39. The Balaban J connectivity index is 1.53. The number of Topliss-reactive ketones (excluding diaryl/α,β-unsaturated/α-hetero) is 1. The first-order valence-electron chi connectivity index (χ1n) is 11.8. The highest BCUT2D eigenvalue weighted by Crippen LogP contribution is 2.40. The van der Waals surface area contributed by atoms with Gasteiger partial charge in [0.15, 0.2) is 9.84 Å². The number of hydrogen-bond donors (Lipinski definition) is 1. The molecule has 1 saturated carbocycles. The predicted molar refractivity (Wildman–Crippen MR) is 128 cm³/mol. The molecule has 0 bridgehead atoms. The zero-order valence-corrected chi connectivity index (χ0v) is 20.2. The molecule has 3 aliphatic rings. The summed E-state index contributed by atoms with van der Waals surface area (Å²) in [5.74, 6) is 0.116. The summed E-state index contributed by atoms with van der Waals surface area (Å²) >= 11 is 0. The molecule has 186 valence electrons. The van der Waals surface area contributed by atoms with Crippen LogP contribution < -0.4 is 5.32 Å². The molecular formula is C25H27F2N3O4S. The van der Waals surface area contributed by atoms with E-state index in [1.807, 2.05) is 6.07 Å². The van der Waals surface area contributed by atoms with Gasteiger partial charge in [0.2, 0.25) is 0 Å². The van der Waals surface area contributed by atoms with E-state index >= 15 is 0 Å². The molecule has 1 aliphatic carbocycles. The summed E-state index contributed by atoms with van der Waals surface area (Å²) in [7, 11) is -3.63. The van der Waals surface area contributed by atoms with Crippen LogP contribution in [0.4, 0.5) is 25.8 Å². The van der Waals surface area contributed by atoms with E-state index in [-0.39, 0.29) is 46.9 Å². The lowest BCUT2D eigenvalue weighted by molar-refractivity contribution is -0.119. The fourth-order valence-electron chi connectivity index (χ4n) is 4.59. The lowest BCUT2D eigenvalue weighted by Crippen LogP contribution is -2.13. The molecule has 1 saturated heterocycles. The van der Waals surface area contributed by atoms with E-state index in [1.165, 1.54) is 0 Å². The van der Waals surface area contributed by atoms with E-state index in [0.717, 1.165) is 43.9 Å². The molecule has 3 heterocycles. The molecule has 0 spiro atoms. The van der Waals surface area contributed by atoms with Crippen molar-refractivity contribution in [3.8, 4) is 0 Å². The number of carbonyl (C=O) groups is 1. The van der Waals surface area contributed by atoms with Crippen LogP contribution in [0, 0.1) is 5.92 Å². The normalized spacial score (nSPS) is 20.0. The van der Waals surface area contributed by atoms with Crippen molar-refractivity contribution in [1.82, 2.24) is 4.98 Å². The molecule has 1 aromatic heterocycles. The van der Waals surface area contributed by atoms with Crippen LogP contribution in [0.5, 0.6) is 0 Å². The third-order valence-electron chi connectivity index (χ3n) is 6.59. The highest BCUT2D eigenvalue weighted by molar-refractivity contribution is 7.90. The number of nitrogens with zero attached hydrogens (tertiary/aromatic N) is 2. The molecule has 7 nitrogen and oxygen atoms in total. The third kappa shape index (κ3) is 5.28. The number of alkyl halides is 2. The van der Waals surface area contributed by atoms with E-state index in [0.29, 0.717) is 29.4 Å². The quantitative estimate of drug-likeness (QED) is 0.551. The summed E-state index contributed by atoms with van der Waals surface area (Å²) in [5, 5.41) is 3.10. The number of sulfone groups is 1. The highest BCUT2D eigenvalue weighted by atomic mass is 32.2. The number of rotatable bonds is 8. The maximum Gasteiger partial charge on any atom is 0.277 e. The molecule has 0 amide bonds. The Hall–Kier alpha value is -2.72. The van der Waals surface area contributed by atoms with Crippen LogP contribution >= 0.6 is 0 Å². The van der Waals surface area contributed by atoms with E-state index in [2.05, 4.69) is 15.3 Å². The van der Waals surface area contributed by atoms with E-state index in [1.54, 1.807) is 18.2 Å². The number of halogens is 2. The predicted octanol–water partition coefficient (Wildman–Crippen LogP) is 4.89. The van der Waals surface area contributed by atoms with Gasteiger partial charge in [-0.1, -0.05) is 6.07 Å². The first kappa shape index (κ1) is 24.0. The van der Waals surface area contributed by atoms with E-state index < -0.39 is 16.3 Å². The maximum absolute atomic E-state index is 13.4. The monoisotopic (exact) mass is 503 g/mol. The van der Waals surface area contributed by atoms with Gasteiger partial charge in [-0.15, -0.1) is 0 Å². The Morgan fingerprint density at radius 3 is 2.63 bits per heavy atom. The SMILES string of the molecule is CS(=O)(=O)c1cc([C@@H]2CCCCO2)ccc1Nc1cc(CC(=O)C2CC2)nc2c1N=C(C(F)F)C2. The van der Waals surface area contributed by atoms with E-state index in [4.69, 9.17) is 4.74 Å². The fourth-order valence-corrected chi connectivity index (χ4v) is 5.46. The minimum atomic E-state index is -3.63. The number of benzene rings is 1. The molecule has 0 unspecified atom stereocenters. The summed E-state index contributed by atoms with van der Waals surface area (Å²) < 4.78 is 58.0. The molecule has 1 aromatic carbocycles. The Labute approximate surface area is 202 Å². The number of carbonyl (C=O) groups excluding carboxylic acids is 1. The molecule has 35 heavy (non-hydrogen) atoms. The summed E-state index contributed by atoms with van der Waals surface area (Å²) in [6, 6.07) is 6.71. The van der Waals surface area contributed by atoms with Crippen LogP contribution in [-0.2, 0) is 32.2 Å². The molecule has 2 fully saturated rings. The van der Waals surface area contributed by atoms with Crippen LogP contribution in [-0.4, -0.2) is 44.2 Å². The van der Waals surface area contributed by atoms with Crippen LogP contribution in [0.15, 0.2) is 34.2 Å². The molecule has 1 atom stereocenters. The Kier molecular flexibility index (Phi) is 6.43. The smallest absolute Gasteiger partial charge is 0.277 e. The van der Waals surface area contributed by atoms with Gasteiger partial charge >= 0.3 is 0 Å². The van der Waals surface area contributed by atoms with Gasteiger partial charge in [0, 0.05) is 31.6 Å². The number of hydrogen-bond acceptors (Lipinski definition) is 7. The van der Waals surface area contributed by atoms with Gasteiger partial charge in [-0.05, 0) is 55.9 Å². The van der Waals surface area contributed by atoms with Gasteiger partial charge < -0.3 is 10.1 Å². The maximum atomic E-state index is 13.4. The Morgan fingerprint density at radius 1 is 1.17 bits per heavy atom. The average molecular weight is 504 g/mol. The van der Waals surface area contributed by atoms with Crippen molar-refractivity contribution in [3.63, 3.8) is 0 Å². The average Bonchev–Trinajstić information content (AvgIpc) is 3.58. The first-order valence-corrected chi connectivity index (χ1v) is 13.7. The molecular weight excluding hydrogens is 476 g/mol. The van der Waals surface area contributed by atoms with Crippen LogP contribution in [0.2, 0.25) is 0 Å². The number of aromatic nitrogens is 1. The standard InChI is InChI=1S/C25H27F2N3O4S/c1-35(32,33)23-10-15(22-4-2-3-9-34-22)7-8-17(23)29-18-11-16(12-21(31)14-5-6-14)28-19-13-20(25(26)27)30-24(18)19/h7-8,10-11,14,22,25H,2-6,9,12-13H2,1H3,(H,28,29)/t22-/m0/s1. The third-order valence-corrected chi connectivity index (χ3v) is 7.72. The number of nitrogens with one attached hydrogen (secondary N) is 1. The van der Waals surface area contributed by atoms with Gasteiger partial charge in [-0.25, -0.2) is 22.2 Å². The number of aliphatic imine (C=N–C) groups is 1. The van der Waals surface area contributed by atoms with Gasteiger partial charge in [0.1, 0.15) is 11.5 Å². The number of ether oxygens (including phenoxy) is 1. The lowest BCUT2D eigenvalue weighted by Gasteiger charge is -2.24. The second-order valence-electron chi connectivity index (χ2n) is 9.46. The fraction of sp³-hybridized carbons (Fsp3) is 0.480. The summed E-state index contributed by atoms with van der Waals surface area (Å²) in [6.45, 7) is 0.634. The largest absolute Gasteiger partial charge is 0.374 e. The van der Waals surface area contributed by atoms with E-state index in [9.17, 15) is 22.0 Å². The number of fused-ring (bicyclic) bond motifs is 1. The molecule has 10 heteroatoms. The van der Waals surface area contributed by atoms with Crippen molar-refractivity contribution < 1.29 is 26.7 Å². The zero-order valence-electron chi connectivity index (χ0n) is 19.4. The van der Waals surface area contributed by atoms with Crippen molar-refractivity contribution in [2.24, 2.45) is 10.9 Å². The van der Waals surface area contributed by atoms with Crippen molar-refractivity contribution in [2.75, 3.05) is 18.2 Å². The minimum absolute atomic E-state index is 0.0423. The molecule has 5 rings (SSSR count). The summed E-state index contributed by atoms with van der Waals surface area (Å²) in [5.41, 5.74) is 2.22. The topological polar surface area (TPSA) is 97.7 Å². The van der Waals surface area contributed by atoms with Gasteiger partial charge in [-0.2, -0.15) is 0 Å². The van der Waals surface area contributed by atoms with Crippen LogP contribution in [0.25, 0.3) is 0 Å². The van der Waals surface area contributed by atoms with Gasteiger partial charge in [-0.3, -0.25) is 9.78 Å². The number of ketones is 1. The van der Waals surface area contributed by atoms with Crippen molar-refractivity contribution in [3.05, 3.63) is 41.2 Å².